The van der Waals surface area contributed by atoms with Gasteiger partial charge >= 0.3 is 0 Å². The monoisotopic (exact) mass is 500 g/mol. The number of rotatable bonds is 9. The Morgan fingerprint density at radius 2 is 1.71 bits per heavy atom. The van der Waals surface area contributed by atoms with E-state index in [4.69, 9.17) is 16.3 Å². The third-order valence-electron chi connectivity index (χ3n) is 4.54. The van der Waals surface area contributed by atoms with E-state index in [1.807, 2.05) is 80.6 Å². The second-order valence-corrected chi connectivity index (χ2v) is 9.05. The van der Waals surface area contributed by atoms with E-state index in [0.29, 0.717) is 30.5 Å². The first-order chi connectivity index (χ1) is 14.9. The lowest BCUT2D eigenvalue weighted by atomic mass is 10.1. The van der Waals surface area contributed by atoms with Gasteiger partial charge in [-0.1, -0.05) is 49.7 Å². The smallest absolute Gasteiger partial charge is 0.224 e. The van der Waals surface area contributed by atoms with Gasteiger partial charge in [0, 0.05) is 29.4 Å². The zero-order valence-corrected chi connectivity index (χ0v) is 20.0. The summed E-state index contributed by atoms with van der Waals surface area (Å²) < 4.78 is 6.81. The number of ether oxygens (including phenoxy) is 1. The molecule has 0 bridgehead atoms. The summed E-state index contributed by atoms with van der Waals surface area (Å²) in [6.07, 6.45) is 0.512. The Morgan fingerprint density at radius 1 is 1.00 bits per heavy atom. The maximum absolute atomic E-state index is 12.0. The van der Waals surface area contributed by atoms with Crippen LogP contribution in [0.5, 0.6) is 5.75 Å². The molecule has 0 heterocycles. The number of amides is 1. The van der Waals surface area contributed by atoms with Crippen LogP contribution in [0.1, 0.15) is 31.4 Å². The molecule has 0 aromatic heterocycles. The average Bonchev–Trinajstić information content (AvgIpc) is 2.72. The average molecular weight is 502 g/mol. The number of hydrogen-bond acceptors (Lipinski definition) is 3. The summed E-state index contributed by atoms with van der Waals surface area (Å²) in [5.41, 5.74) is 3.91. The highest BCUT2D eigenvalue weighted by Gasteiger charge is 2.07. The van der Waals surface area contributed by atoms with Gasteiger partial charge in [0.1, 0.15) is 12.4 Å². The van der Waals surface area contributed by atoms with Gasteiger partial charge in [0.25, 0.3) is 0 Å². The molecule has 3 aromatic rings. The molecule has 0 aliphatic carbocycles. The normalized spacial score (nSPS) is 10.7. The molecule has 162 valence electrons. The summed E-state index contributed by atoms with van der Waals surface area (Å²) in [6, 6.07) is 21.4. The van der Waals surface area contributed by atoms with Crippen molar-refractivity contribution < 1.29 is 9.53 Å². The zero-order valence-electron chi connectivity index (χ0n) is 17.6. The molecule has 0 unspecified atom stereocenters. The van der Waals surface area contributed by atoms with E-state index in [1.165, 1.54) is 0 Å². The van der Waals surface area contributed by atoms with Crippen molar-refractivity contribution in [2.24, 2.45) is 5.92 Å². The molecular weight excluding hydrogens is 476 g/mol. The molecule has 0 saturated carbocycles. The largest absolute Gasteiger partial charge is 0.488 e. The lowest BCUT2D eigenvalue weighted by Crippen LogP contribution is -2.13. The molecule has 1 amide bonds. The molecule has 3 aromatic carbocycles. The van der Waals surface area contributed by atoms with E-state index in [2.05, 4.69) is 26.6 Å². The topological polar surface area (TPSA) is 50.4 Å². The van der Waals surface area contributed by atoms with Crippen LogP contribution in [-0.4, -0.2) is 5.91 Å². The quantitative estimate of drug-likeness (QED) is 0.324. The van der Waals surface area contributed by atoms with Crippen molar-refractivity contribution in [1.82, 2.24) is 0 Å². The van der Waals surface area contributed by atoms with Crippen molar-refractivity contribution in [3.63, 3.8) is 0 Å². The van der Waals surface area contributed by atoms with Crippen molar-refractivity contribution in [1.29, 1.82) is 0 Å². The van der Waals surface area contributed by atoms with Crippen LogP contribution in [-0.2, 0) is 17.9 Å². The number of nitrogens with one attached hydrogen (secondary N) is 2. The van der Waals surface area contributed by atoms with Crippen molar-refractivity contribution in [3.05, 3.63) is 87.4 Å². The lowest BCUT2D eigenvalue weighted by Gasteiger charge is -2.12. The second-order valence-electron chi connectivity index (χ2n) is 7.76. The van der Waals surface area contributed by atoms with E-state index >= 15 is 0 Å². The summed E-state index contributed by atoms with van der Waals surface area (Å²) in [7, 11) is 0. The van der Waals surface area contributed by atoms with Gasteiger partial charge < -0.3 is 15.4 Å². The number of benzene rings is 3. The van der Waals surface area contributed by atoms with Crippen molar-refractivity contribution in [2.45, 2.75) is 33.4 Å². The maximum Gasteiger partial charge on any atom is 0.224 e. The molecule has 0 aliphatic heterocycles. The van der Waals surface area contributed by atoms with Crippen LogP contribution in [0.25, 0.3) is 0 Å². The highest BCUT2D eigenvalue weighted by molar-refractivity contribution is 9.10. The van der Waals surface area contributed by atoms with Gasteiger partial charge in [0.15, 0.2) is 0 Å². The maximum atomic E-state index is 12.0. The van der Waals surface area contributed by atoms with Crippen LogP contribution in [0.4, 0.5) is 11.4 Å². The van der Waals surface area contributed by atoms with E-state index in [-0.39, 0.29) is 5.91 Å². The minimum atomic E-state index is 0.0327. The van der Waals surface area contributed by atoms with Gasteiger partial charge in [0.2, 0.25) is 5.91 Å². The predicted octanol–water partition coefficient (Wildman–Crippen LogP) is 7.28. The van der Waals surface area contributed by atoms with E-state index in [9.17, 15) is 4.79 Å². The third-order valence-corrected chi connectivity index (χ3v) is 5.41. The van der Waals surface area contributed by atoms with Crippen LogP contribution < -0.4 is 15.4 Å². The molecular formula is C25H26BrClN2O2. The summed E-state index contributed by atoms with van der Waals surface area (Å²) in [6.45, 7) is 5.19. The summed E-state index contributed by atoms with van der Waals surface area (Å²) in [4.78, 5) is 12.0. The van der Waals surface area contributed by atoms with Gasteiger partial charge in [-0.05, 0) is 75.4 Å². The highest BCUT2D eigenvalue weighted by atomic mass is 79.9. The fourth-order valence-electron chi connectivity index (χ4n) is 3.01. The van der Waals surface area contributed by atoms with E-state index in [1.54, 1.807) is 0 Å². The first-order valence-electron chi connectivity index (χ1n) is 10.2. The molecule has 0 spiro atoms. The Hall–Kier alpha value is -2.50. The first kappa shape index (κ1) is 23.2. The zero-order chi connectivity index (χ0) is 22.2. The highest BCUT2D eigenvalue weighted by Crippen LogP contribution is 2.27. The molecule has 6 heteroatoms. The predicted molar refractivity (Wildman–Crippen MR) is 132 cm³/mol. The standard InChI is InChI=1S/C25H26BrClN2O2/c1-17(2)12-25(30)29-22-5-3-4-21(14-22)28-15-19-8-11-24(23(26)13-19)31-16-18-6-9-20(27)10-7-18/h3-11,13-14,17,28H,12,15-16H2,1-2H3,(H,29,30). The minimum absolute atomic E-state index is 0.0327. The number of carbonyl (C=O) groups excluding carboxylic acids is 1. The Labute approximate surface area is 197 Å². The Bertz CT molecular complexity index is 1020. The molecule has 2 N–H and O–H groups in total. The molecule has 4 nitrogen and oxygen atoms in total. The Balaban J connectivity index is 1.55. The van der Waals surface area contributed by atoms with Crippen molar-refractivity contribution in [3.8, 4) is 5.75 Å². The molecule has 0 fully saturated rings. The van der Waals surface area contributed by atoms with Gasteiger partial charge in [-0.3, -0.25) is 4.79 Å². The number of halogens is 2. The molecule has 0 aliphatic rings. The minimum Gasteiger partial charge on any atom is -0.488 e. The van der Waals surface area contributed by atoms with E-state index in [0.717, 1.165) is 32.7 Å². The van der Waals surface area contributed by atoms with Crippen LogP contribution in [0.15, 0.2) is 71.2 Å². The van der Waals surface area contributed by atoms with Crippen molar-refractivity contribution in [2.75, 3.05) is 10.6 Å². The Morgan fingerprint density at radius 3 is 2.42 bits per heavy atom. The molecule has 0 radical (unpaired) electrons. The number of hydrogen-bond donors (Lipinski definition) is 2. The lowest BCUT2D eigenvalue weighted by molar-refractivity contribution is -0.116. The van der Waals surface area contributed by atoms with Crippen LogP contribution >= 0.6 is 27.5 Å². The summed E-state index contributed by atoms with van der Waals surface area (Å²) in [5.74, 6) is 1.15. The number of carbonyl (C=O) groups is 1. The van der Waals surface area contributed by atoms with Crippen molar-refractivity contribution >= 4 is 44.8 Å². The fraction of sp³-hybridized carbons (Fsp3) is 0.240. The fourth-order valence-corrected chi connectivity index (χ4v) is 3.67. The molecule has 0 atom stereocenters. The van der Waals surface area contributed by atoms with E-state index < -0.39 is 0 Å². The van der Waals surface area contributed by atoms with Gasteiger partial charge in [-0.15, -0.1) is 0 Å². The molecule has 31 heavy (non-hydrogen) atoms. The van der Waals surface area contributed by atoms with Crippen LogP contribution in [0, 0.1) is 5.92 Å². The van der Waals surface area contributed by atoms with Gasteiger partial charge in [0.05, 0.1) is 4.47 Å². The molecule has 3 rings (SSSR count). The summed E-state index contributed by atoms with van der Waals surface area (Å²) >= 11 is 9.52. The first-order valence-corrected chi connectivity index (χ1v) is 11.4. The van der Waals surface area contributed by atoms with Gasteiger partial charge in [-0.2, -0.15) is 0 Å². The number of anilines is 2. The second kappa shape index (κ2) is 11.2. The van der Waals surface area contributed by atoms with Crippen LogP contribution in [0.2, 0.25) is 5.02 Å². The third kappa shape index (κ3) is 7.60. The SMILES string of the molecule is CC(C)CC(=O)Nc1cccc(NCc2ccc(OCc3ccc(Cl)cc3)c(Br)c2)c1. The summed E-state index contributed by atoms with van der Waals surface area (Å²) in [5, 5.41) is 7.06. The van der Waals surface area contributed by atoms with Gasteiger partial charge in [-0.25, -0.2) is 0 Å². The molecule has 0 saturated heterocycles. The Kier molecular flexibility index (Phi) is 8.38. The van der Waals surface area contributed by atoms with Crippen LogP contribution in [0.3, 0.4) is 0 Å².